The molecule has 7 nitrogen and oxygen atoms in total. The van der Waals surface area contributed by atoms with Crippen LogP contribution in [-0.4, -0.2) is 40.9 Å². The Balaban J connectivity index is 1.32. The van der Waals surface area contributed by atoms with Crippen LogP contribution in [-0.2, 0) is 9.53 Å². The molecule has 1 N–H and O–H groups in total. The molecular formula is C27H26N2O5. The minimum absolute atomic E-state index is 0.0108. The number of carbonyl (C=O) groups excluding carboxylic acids is 3. The quantitative estimate of drug-likeness (QED) is 0.486. The predicted molar refractivity (Wildman–Crippen MR) is 128 cm³/mol. The number of amides is 3. The number of benzene rings is 3. The molecular weight excluding hydrogens is 432 g/mol. The molecule has 7 heteroatoms. The number of fused-ring (bicyclic) bond motifs is 1. The summed E-state index contributed by atoms with van der Waals surface area (Å²) in [6.45, 7) is 5.12. The minimum atomic E-state index is -0.932. The maximum atomic E-state index is 12.8. The maximum absolute atomic E-state index is 12.8. The van der Waals surface area contributed by atoms with Gasteiger partial charge in [-0.3, -0.25) is 19.3 Å². The molecule has 0 aromatic heterocycles. The summed E-state index contributed by atoms with van der Waals surface area (Å²) < 4.78 is 11.5. The van der Waals surface area contributed by atoms with E-state index in [2.05, 4.69) is 5.32 Å². The smallest absolute Gasteiger partial charge is 0.262 e. The monoisotopic (exact) mass is 458 g/mol. The zero-order valence-corrected chi connectivity index (χ0v) is 19.3. The Morgan fingerprint density at radius 1 is 0.853 bits per heavy atom. The maximum Gasteiger partial charge on any atom is 0.262 e. The van der Waals surface area contributed by atoms with Gasteiger partial charge in [0.1, 0.15) is 17.6 Å². The lowest BCUT2D eigenvalue weighted by atomic mass is 10.0. The number of imide groups is 1. The Bertz CT molecular complexity index is 1170. The molecule has 3 aromatic rings. The average molecular weight is 459 g/mol. The zero-order valence-electron chi connectivity index (χ0n) is 19.3. The molecule has 0 radical (unpaired) electrons. The van der Waals surface area contributed by atoms with Crippen LogP contribution in [0.5, 0.6) is 11.5 Å². The number of rotatable bonds is 8. The van der Waals surface area contributed by atoms with Crippen LogP contribution in [0.3, 0.4) is 0 Å². The number of para-hydroxylation sites is 1. The van der Waals surface area contributed by atoms with Crippen LogP contribution >= 0.6 is 0 Å². The van der Waals surface area contributed by atoms with E-state index >= 15 is 0 Å². The van der Waals surface area contributed by atoms with Crippen molar-refractivity contribution in [2.75, 3.05) is 11.9 Å². The second kappa shape index (κ2) is 9.49. The molecule has 1 unspecified atom stereocenters. The SMILES string of the molecule is CC(OCC(C)(C)N1C(=O)c2ccccc2C1=O)C(=O)Nc1ccc(Oc2ccccc2)cc1. The van der Waals surface area contributed by atoms with Crippen molar-refractivity contribution in [2.24, 2.45) is 0 Å². The summed E-state index contributed by atoms with van der Waals surface area (Å²) >= 11 is 0. The number of nitrogens with one attached hydrogen (secondary N) is 1. The van der Waals surface area contributed by atoms with E-state index in [1.165, 1.54) is 4.90 Å². The van der Waals surface area contributed by atoms with Gasteiger partial charge in [-0.25, -0.2) is 0 Å². The summed E-state index contributed by atoms with van der Waals surface area (Å²) in [5, 5.41) is 2.80. The van der Waals surface area contributed by atoms with Gasteiger partial charge in [0, 0.05) is 5.69 Å². The van der Waals surface area contributed by atoms with Gasteiger partial charge in [-0.2, -0.15) is 0 Å². The molecule has 1 heterocycles. The molecule has 1 aliphatic rings. The first-order chi connectivity index (χ1) is 16.3. The molecule has 0 aliphatic carbocycles. The average Bonchev–Trinajstić information content (AvgIpc) is 3.10. The highest BCUT2D eigenvalue weighted by atomic mass is 16.5. The Hall–Kier alpha value is -3.97. The fraction of sp³-hybridized carbons (Fsp3) is 0.222. The molecule has 3 amide bonds. The van der Waals surface area contributed by atoms with Crippen LogP contribution in [0.25, 0.3) is 0 Å². The van der Waals surface area contributed by atoms with Crippen molar-refractivity contribution in [1.82, 2.24) is 4.90 Å². The van der Waals surface area contributed by atoms with E-state index < -0.39 is 11.6 Å². The van der Waals surface area contributed by atoms with Crippen LogP contribution in [0.4, 0.5) is 5.69 Å². The van der Waals surface area contributed by atoms with Gasteiger partial charge in [-0.1, -0.05) is 30.3 Å². The number of hydrogen-bond acceptors (Lipinski definition) is 5. The number of carbonyl (C=O) groups is 3. The molecule has 0 saturated carbocycles. The van der Waals surface area contributed by atoms with Gasteiger partial charge in [0.15, 0.2) is 0 Å². The fourth-order valence-electron chi connectivity index (χ4n) is 3.68. The Labute approximate surface area is 198 Å². The molecule has 1 aliphatic heterocycles. The van der Waals surface area contributed by atoms with Gasteiger partial charge in [-0.15, -0.1) is 0 Å². The van der Waals surface area contributed by atoms with Gasteiger partial charge in [-0.05, 0) is 69.3 Å². The van der Waals surface area contributed by atoms with Crippen LogP contribution < -0.4 is 10.1 Å². The second-order valence-corrected chi connectivity index (χ2v) is 8.69. The van der Waals surface area contributed by atoms with E-state index in [9.17, 15) is 14.4 Å². The number of anilines is 1. The van der Waals surface area contributed by atoms with Gasteiger partial charge in [0.2, 0.25) is 0 Å². The van der Waals surface area contributed by atoms with E-state index in [4.69, 9.17) is 9.47 Å². The molecule has 0 bridgehead atoms. The normalized spacial score (nSPS) is 14.0. The van der Waals surface area contributed by atoms with Crippen molar-refractivity contribution >= 4 is 23.4 Å². The highest BCUT2D eigenvalue weighted by molar-refractivity contribution is 6.21. The lowest BCUT2D eigenvalue weighted by molar-refractivity contribution is -0.128. The number of ether oxygens (including phenoxy) is 2. The van der Waals surface area contributed by atoms with Gasteiger partial charge >= 0.3 is 0 Å². The minimum Gasteiger partial charge on any atom is -0.457 e. The standard InChI is InChI=1S/C27H26N2O5/c1-18(24(30)28-19-13-15-21(16-14-19)34-20-9-5-4-6-10-20)33-17-27(2,3)29-25(31)22-11-7-8-12-23(22)26(29)32/h4-16,18H,17H2,1-3H3,(H,28,30). The Kier molecular flexibility index (Phi) is 6.47. The second-order valence-electron chi connectivity index (χ2n) is 8.69. The van der Waals surface area contributed by atoms with E-state index in [-0.39, 0.29) is 24.3 Å². The third-order valence-electron chi connectivity index (χ3n) is 5.56. The van der Waals surface area contributed by atoms with E-state index in [1.807, 2.05) is 30.3 Å². The molecule has 1 atom stereocenters. The van der Waals surface area contributed by atoms with Crippen LogP contribution in [0.2, 0.25) is 0 Å². The summed E-state index contributed by atoms with van der Waals surface area (Å²) in [4.78, 5) is 39.4. The van der Waals surface area contributed by atoms with Crippen molar-refractivity contribution in [3.8, 4) is 11.5 Å². The Morgan fingerprint density at radius 2 is 1.38 bits per heavy atom. The van der Waals surface area contributed by atoms with E-state index in [0.717, 1.165) is 5.75 Å². The lowest BCUT2D eigenvalue weighted by Crippen LogP contribution is -2.51. The molecule has 34 heavy (non-hydrogen) atoms. The van der Waals surface area contributed by atoms with Gasteiger partial charge in [0.05, 0.1) is 23.3 Å². The van der Waals surface area contributed by atoms with Gasteiger partial charge in [0.25, 0.3) is 17.7 Å². The largest absolute Gasteiger partial charge is 0.457 e. The summed E-state index contributed by atoms with van der Waals surface area (Å²) in [5.41, 5.74) is 0.426. The van der Waals surface area contributed by atoms with Crippen LogP contribution in [0.15, 0.2) is 78.9 Å². The van der Waals surface area contributed by atoms with Crippen molar-refractivity contribution in [1.29, 1.82) is 0 Å². The van der Waals surface area contributed by atoms with Crippen molar-refractivity contribution in [2.45, 2.75) is 32.4 Å². The van der Waals surface area contributed by atoms with Crippen molar-refractivity contribution in [3.05, 3.63) is 90.0 Å². The van der Waals surface area contributed by atoms with Crippen LogP contribution in [0.1, 0.15) is 41.5 Å². The third-order valence-corrected chi connectivity index (χ3v) is 5.56. The summed E-state index contributed by atoms with van der Waals surface area (Å²) in [5.74, 6) is 0.321. The van der Waals surface area contributed by atoms with Crippen molar-refractivity contribution < 1.29 is 23.9 Å². The Morgan fingerprint density at radius 3 is 1.97 bits per heavy atom. The summed E-state index contributed by atoms with van der Waals surface area (Å²) in [6, 6.07) is 23.1. The summed E-state index contributed by atoms with van der Waals surface area (Å²) in [7, 11) is 0. The zero-order chi connectivity index (χ0) is 24.3. The number of nitrogens with zero attached hydrogens (tertiary/aromatic N) is 1. The molecule has 174 valence electrons. The first kappa shape index (κ1) is 23.2. The predicted octanol–water partition coefficient (Wildman–Crippen LogP) is 4.90. The van der Waals surface area contributed by atoms with Crippen LogP contribution in [0, 0.1) is 0 Å². The van der Waals surface area contributed by atoms with Crippen molar-refractivity contribution in [3.63, 3.8) is 0 Å². The molecule has 4 rings (SSSR count). The van der Waals surface area contributed by atoms with E-state index in [1.54, 1.807) is 69.3 Å². The highest BCUT2D eigenvalue weighted by Gasteiger charge is 2.44. The molecule has 0 saturated heterocycles. The molecule has 0 spiro atoms. The van der Waals surface area contributed by atoms with E-state index in [0.29, 0.717) is 22.6 Å². The lowest BCUT2D eigenvalue weighted by Gasteiger charge is -2.34. The fourth-order valence-corrected chi connectivity index (χ4v) is 3.68. The highest BCUT2D eigenvalue weighted by Crippen LogP contribution is 2.30. The molecule has 3 aromatic carbocycles. The topological polar surface area (TPSA) is 84.9 Å². The first-order valence-corrected chi connectivity index (χ1v) is 11.0. The first-order valence-electron chi connectivity index (χ1n) is 11.0. The molecule has 0 fully saturated rings. The number of hydrogen-bond donors (Lipinski definition) is 1. The van der Waals surface area contributed by atoms with Gasteiger partial charge < -0.3 is 14.8 Å². The third kappa shape index (κ3) is 4.84. The summed E-state index contributed by atoms with van der Waals surface area (Å²) in [6.07, 6.45) is -0.797.